The van der Waals surface area contributed by atoms with E-state index in [4.69, 9.17) is 17.0 Å². The van der Waals surface area contributed by atoms with Gasteiger partial charge < -0.3 is 4.90 Å². The molecule has 17 heavy (non-hydrogen) atoms. The van der Waals surface area contributed by atoms with Gasteiger partial charge in [-0.15, -0.1) is 0 Å². The number of benzene rings is 1. The molecule has 0 aliphatic heterocycles. The van der Waals surface area contributed by atoms with Crippen molar-refractivity contribution in [1.82, 2.24) is 4.90 Å². The fourth-order valence-electron chi connectivity index (χ4n) is 1.71. The van der Waals surface area contributed by atoms with Gasteiger partial charge in [-0.2, -0.15) is 0 Å². The Hall–Kier alpha value is -1.02. The third kappa shape index (κ3) is 3.47. The topological polar surface area (TPSA) is 27.1 Å². The van der Waals surface area contributed by atoms with E-state index in [0.29, 0.717) is 5.84 Å². The third-order valence-corrected chi connectivity index (χ3v) is 3.21. The molecule has 0 fully saturated rings. The molecule has 1 aromatic carbocycles. The van der Waals surface area contributed by atoms with E-state index in [2.05, 4.69) is 27.7 Å². The average Bonchev–Trinajstić information content (AvgIpc) is 2.25. The summed E-state index contributed by atoms with van der Waals surface area (Å²) in [6, 6.07) is 7.97. The van der Waals surface area contributed by atoms with E-state index in [0.717, 1.165) is 10.6 Å². The lowest BCUT2D eigenvalue weighted by Crippen LogP contribution is -2.37. The molecule has 1 atom stereocenters. The van der Waals surface area contributed by atoms with Crippen LogP contribution in [0.2, 0.25) is 5.02 Å². The number of hydrogen-bond donors (Lipinski definition) is 1. The van der Waals surface area contributed by atoms with Crippen LogP contribution >= 0.6 is 11.6 Å². The number of amidine groups is 1. The van der Waals surface area contributed by atoms with Crippen LogP contribution in [0.5, 0.6) is 0 Å². The summed E-state index contributed by atoms with van der Waals surface area (Å²) >= 11 is 5.99. The molecule has 2 nitrogen and oxygen atoms in total. The standard InChI is InChI=1S/C14H21ClN2/c1-10(11-7-6-8-12(15)9-11)17(5)13(16)14(2,3)4/h6-10,16H,1-5H3. The van der Waals surface area contributed by atoms with Crippen LogP contribution < -0.4 is 0 Å². The van der Waals surface area contributed by atoms with Crippen molar-refractivity contribution in [2.45, 2.75) is 33.7 Å². The normalized spacial score (nSPS) is 13.3. The molecule has 0 spiro atoms. The predicted molar refractivity (Wildman–Crippen MR) is 74.8 cm³/mol. The van der Waals surface area contributed by atoms with Crippen molar-refractivity contribution in [1.29, 1.82) is 5.41 Å². The van der Waals surface area contributed by atoms with Gasteiger partial charge >= 0.3 is 0 Å². The molecule has 0 saturated heterocycles. The first kappa shape index (κ1) is 14.0. The van der Waals surface area contributed by atoms with Crippen molar-refractivity contribution >= 4 is 17.4 Å². The second-order valence-electron chi connectivity index (χ2n) is 5.44. The summed E-state index contributed by atoms with van der Waals surface area (Å²) in [6.07, 6.45) is 0. The Morgan fingerprint density at radius 1 is 1.35 bits per heavy atom. The van der Waals surface area contributed by atoms with E-state index in [1.807, 2.05) is 36.2 Å². The van der Waals surface area contributed by atoms with Crippen molar-refractivity contribution in [3.63, 3.8) is 0 Å². The molecule has 1 N–H and O–H groups in total. The monoisotopic (exact) mass is 252 g/mol. The molecular weight excluding hydrogens is 232 g/mol. The van der Waals surface area contributed by atoms with E-state index < -0.39 is 0 Å². The smallest absolute Gasteiger partial charge is 0.101 e. The Labute approximate surface area is 109 Å². The minimum Gasteiger partial charge on any atom is -0.356 e. The van der Waals surface area contributed by atoms with Crippen LogP contribution in [0.1, 0.15) is 39.3 Å². The van der Waals surface area contributed by atoms with E-state index in [9.17, 15) is 0 Å². The summed E-state index contributed by atoms with van der Waals surface area (Å²) < 4.78 is 0. The van der Waals surface area contributed by atoms with E-state index in [-0.39, 0.29) is 11.5 Å². The maximum Gasteiger partial charge on any atom is 0.101 e. The number of halogens is 1. The largest absolute Gasteiger partial charge is 0.356 e. The van der Waals surface area contributed by atoms with Crippen LogP contribution in [0, 0.1) is 10.8 Å². The summed E-state index contributed by atoms with van der Waals surface area (Å²) in [4.78, 5) is 1.99. The van der Waals surface area contributed by atoms with Crippen LogP contribution in [0.4, 0.5) is 0 Å². The Morgan fingerprint density at radius 3 is 2.41 bits per heavy atom. The average molecular weight is 253 g/mol. The first-order chi connectivity index (χ1) is 7.73. The van der Waals surface area contributed by atoms with Gasteiger partial charge in [0.25, 0.3) is 0 Å². The number of rotatable bonds is 2. The highest BCUT2D eigenvalue weighted by Gasteiger charge is 2.24. The lowest BCUT2D eigenvalue weighted by molar-refractivity contribution is 0.353. The van der Waals surface area contributed by atoms with Gasteiger partial charge in [0.15, 0.2) is 0 Å². The minimum absolute atomic E-state index is 0.137. The summed E-state index contributed by atoms with van der Waals surface area (Å²) in [5, 5.41) is 8.91. The molecule has 0 saturated carbocycles. The van der Waals surface area contributed by atoms with E-state index >= 15 is 0 Å². The highest BCUT2D eigenvalue weighted by molar-refractivity contribution is 6.30. The molecule has 1 rings (SSSR count). The molecule has 0 heterocycles. The minimum atomic E-state index is -0.137. The highest BCUT2D eigenvalue weighted by Crippen LogP contribution is 2.26. The quantitative estimate of drug-likeness (QED) is 0.615. The van der Waals surface area contributed by atoms with Crippen LogP contribution in [0.25, 0.3) is 0 Å². The van der Waals surface area contributed by atoms with Crippen LogP contribution in [0.15, 0.2) is 24.3 Å². The van der Waals surface area contributed by atoms with E-state index in [1.165, 1.54) is 0 Å². The first-order valence-electron chi connectivity index (χ1n) is 5.81. The number of hydrogen-bond acceptors (Lipinski definition) is 1. The molecule has 0 bridgehead atoms. The second kappa shape index (κ2) is 5.09. The third-order valence-electron chi connectivity index (χ3n) is 2.98. The summed E-state index contributed by atoms with van der Waals surface area (Å²) in [5.74, 6) is 0.630. The van der Waals surface area contributed by atoms with Gasteiger partial charge in [0, 0.05) is 17.5 Å². The van der Waals surface area contributed by atoms with Crippen molar-refractivity contribution in [2.75, 3.05) is 7.05 Å². The maximum atomic E-state index is 8.17. The lowest BCUT2D eigenvalue weighted by atomic mass is 9.93. The van der Waals surface area contributed by atoms with Crippen LogP contribution in [-0.4, -0.2) is 17.8 Å². The summed E-state index contributed by atoms with van der Waals surface area (Å²) in [5.41, 5.74) is 0.996. The molecule has 1 unspecified atom stereocenters. The second-order valence-corrected chi connectivity index (χ2v) is 5.88. The molecule has 0 amide bonds. The fraction of sp³-hybridized carbons (Fsp3) is 0.500. The van der Waals surface area contributed by atoms with Crippen LogP contribution in [0.3, 0.4) is 0 Å². The van der Waals surface area contributed by atoms with Gasteiger partial charge in [0.2, 0.25) is 0 Å². The van der Waals surface area contributed by atoms with Crippen molar-refractivity contribution in [3.8, 4) is 0 Å². The van der Waals surface area contributed by atoms with Crippen LogP contribution in [-0.2, 0) is 0 Å². The fourth-order valence-corrected chi connectivity index (χ4v) is 1.91. The molecule has 94 valence electrons. The molecule has 1 aromatic rings. The predicted octanol–water partition coefficient (Wildman–Crippen LogP) is 4.36. The Bertz CT molecular complexity index is 407. The van der Waals surface area contributed by atoms with Crippen molar-refractivity contribution < 1.29 is 0 Å². The Kier molecular flexibility index (Phi) is 4.21. The van der Waals surface area contributed by atoms with Gasteiger partial charge in [-0.25, -0.2) is 0 Å². The SMILES string of the molecule is CC(c1cccc(Cl)c1)N(C)C(=N)C(C)(C)C. The maximum absolute atomic E-state index is 8.17. The van der Waals surface area contributed by atoms with Gasteiger partial charge in [-0.1, -0.05) is 44.5 Å². The highest BCUT2D eigenvalue weighted by atomic mass is 35.5. The van der Waals surface area contributed by atoms with Gasteiger partial charge in [0.05, 0.1) is 6.04 Å². The first-order valence-corrected chi connectivity index (χ1v) is 6.18. The molecule has 0 aliphatic carbocycles. The molecule has 3 heteroatoms. The zero-order valence-corrected chi connectivity index (χ0v) is 12.0. The molecular formula is C14H21ClN2. The molecule has 0 radical (unpaired) electrons. The molecule has 0 aromatic heterocycles. The van der Waals surface area contributed by atoms with Gasteiger partial charge in [-0.3, -0.25) is 5.41 Å². The van der Waals surface area contributed by atoms with E-state index in [1.54, 1.807) is 0 Å². The summed E-state index contributed by atoms with van der Waals surface area (Å²) in [6.45, 7) is 8.25. The summed E-state index contributed by atoms with van der Waals surface area (Å²) in [7, 11) is 1.96. The zero-order chi connectivity index (χ0) is 13.2. The lowest BCUT2D eigenvalue weighted by Gasteiger charge is -2.34. The molecule has 0 aliphatic rings. The van der Waals surface area contributed by atoms with Crippen molar-refractivity contribution in [3.05, 3.63) is 34.9 Å². The Morgan fingerprint density at radius 2 is 1.94 bits per heavy atom. The van der Waals surface area contributed by atoms with Gasteiger partial charge in [-0.05, 0) is 24.6 Å². The van der Waals surface area contributed by atoms with Crippen molar-refractivity contribution in [2.24, 2.45) is 5.41 Å². The number of nitrogens with one attached hydrogen (secondary N) is 1. The number of nitrogens with zero attached hydrogens (tertiary/aromatic N) is 1. The van der Waals surface area contributed by atoms with Gasteiger partial charge in [0.1, 0.15) is 5.84 Å². The Balaban J connectivity index is 2.91. The zero-order valence-electron chi connectivity index (χ0n) is 11.2.